The first-order chi connectivity index (χ1) is 12.1. The fourth-order valence-corrected chi connectivity index (χ4v) is 2.63. The van der Waals surface area contributed by atoms with Gasteiger partial charge in [-0.05, 0) is 11.6 Å². The van der Waals surface area contributed by atoms with Crippen LogP contribution in [0, 0.1) is 10.1 Å². The lowest BCUT2D eigenvalue weighted by molar-refractivity contribution is -0.385. The van der Waals surface area contributed by atoms with Gasteiger partial charge in [-0.3, -0.25) is 14.9 Å². The highest BCUT2D eigenvalue weighted by atomic mass is 16.6. The third-order valence-electron chi connectivity index (χ3n) is 3.87. The number of carbonyl (C=O) groups excluding carboxylic acids is 1. The van der Waals surface area contributed by atoms with Crippen LogP contribution in [-0.2, 0) is 7.05 Å². The smallest absolute Gasteiger partial charge is 0.282 e. The van der Waals surface area contributed by atoms with Crippen LogP contribution in [0.25, 0.3) is 0 Å². The molecule has 25 heavy (non-hydrogen) atoms. The second kappa shape index (κ2) is 6.96. The highest BCUT2D eigenvalue weighted by Gasteiger charge is 2.25. The molecule has 1 atom stereocenters. The topological polar surface area (TPSA) is 90.1 Å². The Hall–Kier alpha value is -3.48. The lowest BCUT2D eigenvalue weighted by Gasteiger charge is -2.19. The van der Waals surface area contributed by atoms with Crippen LogP contribution in [0.15, 0.2) is 67.0 Å². The van der Waals surface area contributed by atoms with Crippen LogP contribution in [0.4, 0.5) is 5.69 Å². The predicted molar refractivity (Wildman–Crippen MR) is 92.1 cm³/mol. The molecule has 7 heteroatoms. The van der Waals surface area contributed by atoms with E-state index in [0.717, 1.165) is 5.56 Å². The van der Waals surface area contributed by atoms with Crippen LogP contribution >= 0.6 is 0 Å². The number of amides is 1. The zero-order valence-corrected chi connectivity index (χ0v) is 13.5. The van der Waals surface area contributed by atoms with Crippen LogP contribution in [0.2, 0.25) is 0 Å². The summed E-state index contributed by atoms with van der Waals surface area (Å²) in [4.78, 5) is 27.6. The van der Waals surface area contributed by atoms with Gasteiger partial charge in [0, 0.05) is 25.5 Å². The van der Waals surface area contributed by atoms with Crippen molar-refractivity contribution in [2.45, 2.75) is 6.04 Å². The number of aromatic nitrogens is 2. The third-order valence-corrected chi connectivity index (χ3v) is 3.87. The number of aryl methyl sites for hydroxylation is 1. The standard InChI is InChI=1S/C18H16N4O3/c1-21-12-11-19-17(21)16(13-7-3-2-4-8-13)20-18(23)14-9-5-6-10-15(14)22(24)25/h2-12,16H,1H3,(H,20,23). The van der Waals surface area contributed by atoms with Crippen LogP contribution in [0.3, 0.4) is 0 Å². The van der Waals surface area contributed by atoms with Crippen LogP contribution in [0.5, 0.6) is 0 Å². The number of rotatable bonds is 5. The maximum atomic E-state index is 12.7. The summed E-state index contributed by atoms with van der Waals surface area (Å²) in [6, 6.07) is 14.7. The van der Waals surface area contributed by atoms with E-state index in [9.17, 15) is 14.9 Å². The van der Waals surface area contributed by atoms with Gasteiger partial charge in [0.15, 0.2) is 0 Å². The van der Waals surface area contributed by atoms with Crippen LogP contribution < -0.4 is 5.32 Å². The molecule has 7 nitrogen and oxygen atoms in total. The molecule has 1 amide bonds. The molecule has 2 aromatic carbocycles. The molecule has 0 fully saturated rings. The summed E-state index contributed by atoms with van der Waals surface area (Å²) in [5.41, 5.74) is 0.623. The summed E-state index contributed by atoms with van der Waals surface area (Å²) >= 11 is 0. The molecule has 0 saturated heterocycles. The number of hydrogen-bond donors (Lipinski definition) is 1. The molecule has 126 valence electrons. The van der Waals surface area contributed by atoms with E-state index in [2.05, 4.69) is 10.3 Å². The van der Waals surface area contributed by atoms with Crippen molar-refractivity contribution >= 4 is 11.6 Å². The van der Waals surface area contributed by atoms with E-state index in [1.807, 2.05) is 37.4 Å². The molecule has 1 aromatic heterocycles. The Labute approximate surface area is 144 Å². The van der Waals surface area contributed by atoms with Gasteiger partial charge in [-0.1, -0.05) is 42.5 Å². The van der Waals surface area contributed by atoms with Gasteiger partial charge in [0.25, 0.3) is 11.6 Å². The molecule has 0 aliphatic rings. The number of nitro groups is 1. The lowest BCUT2D eigenvalue weighted by atomic mass is 10.0. The Morgan fingerprint density at radius 1 is 1.16 bits per heavy atom. The maximum Gasteiger partial charge on any atom is 0.282 e. The molecule has 0 radical (unpaired) electrons. The average molecular weight is 336 g/mol. The first-order valence-corrected chi connectivity index (χ1v) is 7.64. The summed E-state index contributed by atoms with van der Waals surface area (Å²) in [6.07, 6.45) is 3.42. The number of hydrogen-bond acceptors (Lipinski definition) is 4. The van der Waals surface area contributed by atoms with Crippen molar-refractivity contribution in [2.24, 2.45) is 7.05 Å². The Morgan fingerprint density at radius 2 is 1.84 bits per heavy atom. The second-order valence-electron chi connectivity index (χ2n) is 5.49. The fourth-order valence-electron chi connectivity index (χ4n) is 2.63. The van der Waals surface area contributed by atoms with Crippen molar-refractivity contribution in [3.05, 3.63) is 94.1 Å². The average Bonchev–Trinajstić information content (AvgIpc) is 3.06. The quantitative estimate of drug-likeness (QED) is 0.573. The molecule has 1 N–H and O–H groups in total. The Morgan fingerprint density at radius 3 is 2.48 bits per heavy atom. The summed E-state index contributed by atoms with van der Waals surface area (Å²) < 4.78 is 1.80. The SMILES string of the molecule is Cn1ccnc1C(NC(=O)c1ccccc1[N+](=O)[O-])c1ccccc1. The third kappa shape index (κ3) is 3.40. The highest BCUT2D eigenvalue weighted by molar-refractivity contribution is 5.98. The first-order valence-electron chi connectivity index (χ1n) is 7.64. The maximum absolute atomic E-state index is 12.7. The predicted octanol–water partition coefficient (Wildman–Crippen LogP) is 2.85. The second-order valence-corrected chi connectivity index (χ2v) is 5.49. The number of nitro benzene ring substituents is 1. The first kappa shape index (κ1) is 16.4. The molecule has 3 rings (SSSR count). The Bertz CT molecular complexity index is 905. The number of carbonyl (C=O) groups is 1. The van der Waals surface area contributed by atoms with Gasteiger partial charge in [-0.2, -0.15) is 0 Å². The number of nitrogens with zero attached hydrogens (tertiary/aromatic N) is 3. The van der Waals surface area contributed by atoms with Crippen molar-refractivity contribution in [3.63, 3.8) is 0 Å². The summed E-state index contributed by atoms with van der Waals surface area (Å²) in [6.45, 7) is 0. The van der Waals surface area contributed by atoms with E-state index in [1.165, 1.54) is 18.2 Å². The minimum Gasteiger partial charge on any atom is -0.338 e. The molecule has 0 aliphatic heterocycles. The van der Waals surface area contributed by atoms with E-state index < -0.39 is 16.9 Å². The summed E-state index contributed by atoms with van der Waals surface area (Å²) in [7, 11) is 1.83. The van der Waals surface area contributed by atoms with E-state index in [1.54, 1.807) is 23.0 Å². The molecule has 0 aliphatic carbocycles. The monoisotopic (exact) mass is 336 g/mol. The molecule has 0 spiro atoms. The van der Waals surface area contributed by atoms with Crippen molar-refractivity contribution in [2.75, 3.05) is 0 Å². The number of para-hydroxylation sites is 1. The molecule has 1 heterocycles. The van der Waals surface area contributed by atoms with Crippen molar-refractivity contribution in [1.29, 1.82) is 0 Å². The van der Waals surface area contributed by atoms with Crippen molar-refractivity contribution in [1.82, 2.24) is 14.9 Å². The van der Waals surface area contributed by atoms with E-state index in [0.29, 0.717) is 5.82 Å². The normalized spacial score (nSPS) is 11.7. The minimum atomic E-state index is -0.562. The number of nitrogens with one attached hydrogen (secondary N) is 1. The van der Waals surface area contributed by atoms with Gasteiger partial charge in [0.05, 0.1) is 4.92 Å². The van der Waals surface area contributed by atoms with E-state index >= 15 is 0 Å². The Balaban J connectivity index is 1.98. The van der Waals surface area contributed by atoms with Crippen LogP contribution in [-0.4, -0.2) is 20.4 Å². The lowest BCUT2D eigenvalue weighted by Crippen LogP contribution is -2.31. The molecule has 0 bridgehead atoms. The van der Waals surface area contributed by atoms with E-state index in [-0.39, 0.29) is 11.3 Å². The fraction of sp³-hybridized carbons (Fsp3) is 0.111. The van der Waals surface area contributed by atoms with Gasteiger partial charge in [0.2, 0.25) is 0 Å². The van der Waals surface area contributed by atoms with Gasteiger partial charge >= 0.3 is 0 Å². The molecule has 3 aromatic rings. The molecular formula is C18H16N4O3. The molecule has 1 unspecified atom stereocenters. The van der Waals surface area contributed by atoms with Crippen molar-refractivity contribution in [3.8, 4) is 0 Å². The van der Waals surface area contributed by atoms with Crippen molar-refractivity contribution < 1.29 is 9.72 Å². The van der Waals surface area contributed by atoms with E-state index in [4.69, 9.17) is 0 Å². The van der Waals surface area contributed by atoms with Crippen LogP contribution in [0.1, 0.15) is 27.8 Å². The van der Waals surface area contributed by atoms with Gasteiger partial charge in [0.1, 0.15) is 17.4 Å². The number of benzene rings is 2. The van der Waals surface area contributed by atoms with Gasteiger partial charge in [-0.15, -0.1) is 0 Å². The molecule has 0 saturated carbocycles. The summed E-state index contributed by atoms with van der Waals surface area (Å²) in [5.74, 6) is 0.113. The zero-order chi connectivity index (χ0) is 17.8. The minimum absolute atomic E-state index is 0.0163. The largest absolute Gasteiger partial charge is 0.338 e. The molecular weight excluding hydrogens is 320 g/mol. The highest BCUT2D eigenvalue weighted by Crippen LogP contribution is 2.23. The zero-order valence-electron chi connectivity index (χ0n) is 13.5. The van der Waals surface area contributed by atoms with Gasteiger partial charge < -0.3 is 9.88 Å². The summed E-state index contributed by atoms with van der Waals surface area (Å²) in [5, 5.41) is 14.0. The number of imidazole rings is 1. The Kier molecular flexibility index (Phi) is 4.56. The van der Waals surface area contributed by atoms with Gasteiger partial charge in [-0.25, -0.2) is 4.98 Å².